The third kappa shape index (κ3) is 5.66. The van der Waals surface area contributed by atoms with Crippen LogP contribution in [0.2, 0.25) is 18.1 Å². The fraction of sp³-hybridized carbons (Fsp3) is 1.00. The Morgan fingerprint density at radius 3 is 2.48 bits per heavy atom. The van der Waals surface area contributed by atoms with Crippen LogP contribution < -0.4 is 0 Å². The maximum atomic E-state index is 9.08. The first-order valence-electron chi connectivity index (χ1n) is 8.65. The van der Waals surface area contributed by atoms with Gasteiger partial charge in [0.1, 0.15) is 0 Å². The lowest BCUT2D eigenvalue weighted by Crippen LogP contribution is -2.47. The minimum Gasteiger partial charge on any atom is -0.411 e. The third-order valence-corrected chi connectivity index (χ3v) is 9.60. The first-order chi connectivity index (χ1) is 9.71. The van der Waals surface area contributed by atoms with E-state index in [0.717, 1.165) is 25.7 Å². The molecule has 0 aliphatic carbocycles. The van der Waals surface area contributed by atoms with Gasteiger partial charge in [-0.15, -0.1) is 0 Å². The Morgan fingerprint density at radius 1 is 1.29 bits per heavy atom. The molecule has 0 saturated carbocycles. The highest BCUT2D eigenvalue weighted by Crippen LogP contribution is 2.39. The summed E-state index contributed by atoms with van der Waals surface area (Å²) in [5, 5.41) is 9.32. The second kappa shape index (κ2) is 8.09. The van der Waals surface area contributed by atoms with Crippen molar-refractivity contribution in [2.75, 3.05) is 6.61 Å². The van der Waals surface area contributed by atoms with Crippen molar-refractivity contribution in [3.05, 3.63) is 0 Å². The van der Waals surface area contributed by atoms with Crippen LogP contribution in [-0.2, 0) is 9.16 Å². The molecule has 1 N–H and O–H groups in total. The van der Waals surface area contributed by atoms with E-state index in [1.54, 1.807) is 0 Å². The summed E-state index contributed by atoms with van der Waals surface area (Å²) in [4.78, 5) is 0. The minimum atomic E-state index is -1.76. The van der Waals surface area contributed by atoms with Gasteiger partial charge in [-0.1, -0.05) is 40.5 Å². The molecule has 126 valence electrons. The maximum absolute atomic E-state index is 9.08. The van der Waals surface area contributed by atoms with Crippen molar-refractivity contribution in [2.24, 2.45) is 0 Å². The highest BCUT2D eigenvalue weighted by Gasteiger charge is 2.42. The van der Waals surface area contributed by atoms with Gasteiger partial charge in [-0.25, -0.2) is 0 Å². The summed E-state index contributed by atoms with van der Waals surface area (Å²) in [6, 6.07) is 0. The van der Waals surface area contributed by atoms with Crippen LogP contribution in [0.1, 0.15) is 66.2 Å². The zero-order valence-corrected chi connectivity index (χ0v) is 15.9. The lowest BCUT2D eigenvalue weighted by atomic mass is 10.0. The minimum absolute atomic E-state index is 0.222. The molecule has 0 radical (unpaired) electrons. The number of ether oxygens (including phenoxy) is 1. The predicted octanol–water partition coefficient (Wildman–Crippen LogP) is 4.50. The fourth-order valence-electron chi connectivity index (χ4n) is 2.64. The second-order valence-corrected chi connectivity index (χ2v) is 12.7. The normalized spacial score (nSPS) is 25.3. The van der Waals surface area contributed by atoms with E-state index >= 15 is 0 Å². The van der Waals surface area contributed by atoms with E-state index in [-0.39, 0.29) is 30.0 Å². The molecule has 1 aliphatic rings. The van der Waals surface area contributed by atoms with Crippen molar-refractivity contribution in [1.82, 2.24) is 0 Å². The van der Waals surface area contributed by atoms with E-state index < -0.39 is 8.32 Å². The molecule has 1 fully saturated rings. The average Bonchev–Trinajstić information content (AvgIpc) is 2.82. The molecule has 1 saturated heterocycles. The van der Waals surface area contributed by atoms with Crippen molar-refractivity contribution < 1.29 is 14.3 Å². The molecule has 1 heterocycles. The average molecular weight is 317 g/mol. The Hall–Kier alpha value is 0.0969. The van der Waals surface area contributed by atoms with Crippen LogP contribution in [-0.4, -0.2) is 38.3 Å². The zero-order chi connectivity index (χ0) is 16.1. The lowest BCUT2D eigenvalue weighted by Gasteiger charge is -2.41. The van der Waals surface area contributed by atoms with Crippen LogP contribution in [0.4, 0.5) is 0 Å². The smallest absolute Gasteiger partial charge is 0.192 e. The van der Waals surface area contributed by atoms with Gasteiger partial charge in [0.15, 0.2) is 8.32 Å². The lowest BCUT2D eigenvalue weighted by molar-refractivity contribution is -0.0375. The Labute approximate surface area is 132 Å². The molecule has 0 bridgehead atoms. The first-order valence-corrected chi connectivity index (χ1v) is 11.6. The molecule has 1 rings (SSSR count). The van der Waals surface area contributed by atoms with Gasteiger partial charge >= 0.3 is 0 Å². The maximum Gasteiger partial charge on any atom is 0.192 e. The zero-order valence-electron chi connectivity index (χ0n) is 14.9. The van der Waals surface area contributed by atoms with E-state index in [0.29, 0.717) is 0 Å². The van der Waals surface area contributed by atoms with Gasteiger partial charge in [-0.3, -0.25) is 0 Å². The molecule has 3 atom stereocenters. The van der Waals surface area contributed by atoms with E-state index in [2.05, 4.69) is 40.8 Å². The number of unbranched alkanes of at least 4 members (excludes halogenated alkanes) is 1. The van der Waals surface area contributed by atoms with Gasteiger partial charge in [0.25, 0.3) is 0 Å². The standard InChI is InChI=1S/C17H36O3Si/c1-7-8-9-16(20-21(5,6)17(2,3)4)15-11-10-14(19-15)12-13-18/h14-16,18H,7-13H2,1-6H3/t14-,15-,16-/m0/s1. The molecule has 0 aromatic carbocycles. The van der Waals surface area contributed by atoms with E-state index in [4.69, 9.17) is 14.3 Å². The first kappa shape index (κ1) is 19.1. The van der Waals surface area contributed by atoms with Crippen LogP contribution in [0, 0.1) is 0 Å². The summed E-state index contributed by atoms with van der Waals surface area (Å²) in [5.41, 5.74) is 0. The Bertz CT molecular complexity index is 299. The molecule has 0 unspecified atom stereocenters. The molecule has 0 amide bonds. The molecule has 3 nitrogen and oxygen atoms in total. The van der Waals surface area contributed by atoms with Crippen molar-refractivity contribution in [1.29, 1.82) is 0 Å². The largest absolute Gasteiger partial charge is 0.411 e. The third-order valence-electron chi connectivity index (χ3n) is 5.10. The van der Waals surface area contributed by atoms with Gasteiger partial charge in [0, 0.05) is 6.61 Å². The predicted molar refractivity (Wildman–Crippen MR) is 91.2 cm³/mol. The number of hydrogen-bond acceptors (Lipinski definition) is 3. The number of aliphatic hydroxyl groups excluding tert-OH is 1. The van der Waals surface area contributed by atoms with Crippen LogP contribution in [0.5, 0.6) is 0 Å². The van der Waals surface area contributed by atoms with Crippen LogP contribution in [0.3, 0.4) is 0 Å². The van der Waals surface area contributed by atoms with Gasteiger partial charge in [-0.05, 0) is 43.8 Å². The quantitative estimate of drug-likeness (QED) is 0.670. The number of aliphatic hydroxyl groups is 1. The molecular formula is C17H36O3Si. The summed E-state index contributed by atoms with van der Waals surface area (Å²) in [5.74, 6) is 0. The van der Waals surface area contributed by atoms with Crippen molar-refractivity contribution in [3.63, 3.8) is 0 Å². The molecule has 0 aromatic rings. The summed E-state index contributed by atoms with van der Waals surface area (Å²) in [6.07, 6.45) is 7.08. The Kier molecular flexibility index (Phi) is 7.38. The van der Waals surface area contributed by atoms with Crippen molar-refractivity contribution in [2.45, 2.75) is 103 Å². The monoisotopic (exact) mass is 316 g/mol. The summed E-state index contributed by atoms with van der Waals surface area (Å²) < 4.78 is 12.8. The molecule has 0 spiro atoms. The van der Waals surface area contributed by atoms with Crippen LogP contribution in [0.25, 0.3) is 0 Å². The topological polar surface area (TPSA) is 38.7 Å². The van der Waals surface area contributed by atoms with Gasteiger partial charge in [0.05, 0.1) is 18.3 Å². The van der Waals surface area contributed by atoms with Crippen LogP contribution >= 0.6 is 0 Å². The van der Waals surface area contributed by atoms with E-state index in [1.807, 2.05) is 0 Å². The van der Waals surface area contributed by atoms with Crippen LogP contribution in [0.15, 0.2) is 0 Å². The molecule has 21 heavy (non-hydrogen) atoms. The van der Waals surface area contributed by atoms with E-state index in [9.17, 15) is 0 Å². The van der Waals surface area contributed by atoms with Crippen molar-refractivity contribution in [3.8, 4) is 0 Å². The SMILES string of the molecule is CCCC[C@H](O[Si](C)(C)C(C)(C)C)[C@@H]1CC[C@@H](CCO)O1. The number of hydrogen-bond donors (Lipinski definition) is 1. The highest BCUT2D eigenvalue weighted by atomic mass is 28.4. The molecule has 4 heteroatoms. The second-order valence-electron chi connectivity index (χ2n) is 7.95. The Morgan fingerprint density at radius 2 is 1.95 bits per heavy atom. The summed E-state index contributed by atoms with van der Waals surface area (Å²) >= 11 is 0. The highest BCUT2D eigenvalue weighted by molar-refractivity contribution is 6.74. The van der Waals surface area contributed by atoms with Crippen molar-refractivity contribution >= 4 is 8.32 Å². The molecular weight excluding hydrogens is 280 g/mol. The fourth-order valence-corrected chi connectivity index (χ4v) is 4.02. The number of rotatable bonds is 8. The summed E-state index contributed by atoms with van der Waals surface area (Å²) in [7, 11) is -1.76. The summed E-state index contributed by atoms with van der Waals surface area (Å²) in [6.45, 7) is 14.0. The van der Waals surface area contributed by atoms with Gasteiger partial charge < -0.3 is 14.3 Å². The van der Waals surface area contributed by atoms with Gasteiger partial charge in [0.2, 0.25) is 0 Å². The molecule has 1 aliphatic heterocycles. The molecule has 0 aromatic heterocycles. The van der Waals surface area contributed by atoms with E-state index in [1.165, 1.54) is 12.8 Å². The Balaban J connectivity index is 2.68. The van der Waals surface area contributed by atoms with Gasteiger partial charge in [-0.2, -0.15) is 0 Å².